The average Bonchev–Trinajstić information content (AvgIpc) is 3.00. The Bertz CT molecular complexity index is 618. The fourth-order valence-electron chi connectivity index (χ4n) is 1.61. The highest BCUT2D eigenvalue weighted by atomic mass is 32.2. The zero-order valence-corrected chi connectivity index (χ0v) is 13.8. The number of thiophene rings is 1. The summed E-state index contributed by atoms with van der Waals surface area (Å²) < 4.78 is 0.800. The minimum atomic E-state index is 0.146. The molecule has 0 bridgehead atoms. The van der Waals surface area contributed by atoms with Gasteiger partial charge in [-0.05, 0) is 19.9 Å². The van der Waals surface area contributed by atoms with Gasteiger partial charge in [0.1, 0.15) is 0 Å². The Balaban J connectivity index is 1.91. The van der Waals surface area contributed by atoms with Crippen LogP contribution in [0.3, 0.4) is 0 Å². The molecule has 0 unspecified atom stereocenters. The molecule has 0 fully saturated rings. The summed E-state index contributed by atoms with van der Waals surface area (Å²) in [4.78, 5) is 14.4. The summed E-state index contributed by atoms with van der Waals surface area (Å²) in [6.07, 6.45) is 1.76. The Morgan fingerprint density at radius 3 is 2.90 bits per heavy atom. The van der Waals surface area contributed by atoms with Crippen molar-refractivity contribution in [3.63, 3.8) is 0 Å². The van der Waals surface area contributed by atoms with Crippen molar-refractivity contribution in [1.29, 1.82) is 0 Å². The smallest absolute Gasteiger partial charge is 0.206 e. The van der Waals surface area contributed by atoms with Crippen molar-refractivity contribution in [1.82, 2.24) is 10.2 Å². The van der Waals surface area contributed by atoms with Gasteiger partial charge in [-0.25, -0.2) is 0 Å². The van der Waals surface area contributed by atoms with Crippen LogP contribution in [0, 0.1) is 13.8 Å². The van der Waals surface area contributed by atoms with Crippen molar-refractivity contribution in [3.8, 4) is 0 Å². The number of carbonyl (C=O) groups is 1. The fraction of sp³-hybridized carbons (Fsp3) is 0.308. The van der Waals surface area contributed by atoms with Gasteiger partial charge in [-0.3, -0.25) is 4.79 Å². The van der Waals surface area contributed by atoms with E-state index < -0.39 is 0 Å². The van der Waals surface area contributed by atoms with E-state index in [9.17, 15) is 4.79 Å². The largest absolute Gasteiger partial charge is 0.357 e. The molecule has 7 heteroatoms. The molecule has 2 rings (SSSR count). The molecule has 0 aliphatic carbocycles. The Morgan fingerprint density at radius 2 is 2.25 bits per heavy atom. The summed E-state index contributed by atoms with van der Waals surface area (Å²) in [5.41, 5.74) is 0.828. The third-order valence-corrected chi connectivity index (χ3v) is 5.45. The molecular formula is C13H15N3OS3. The van der Waals surface area contributed by atoms with Crippen LogP contribution in [0.15, 0.2) is 23.1 Å². The van der Waals surface area contributed by atoms with Gasteiger partial charge in [0.25, 0.3) is 0 Å². The minimum Gasteiger partial charge on any atom is -0.357 e. The van der Waals surface area contributed by atoms with Crippen LogP contribution >= 0.6 is 34.4 Å². The van der Waals surface area contributed by atoms with Crippen molar-refractivity contribution in [2.75, 3.05) is 17.6 Å². The van der Waals surface area contributed by atoms with Crippen LogP contribution in [-0.2, 0) is 0 Å². The van der Waals surface area contributed by atoms with Gasteiger partial charge in [-0.15, -0.1) is 28.1 Å². The number of ketones is 1. The first-order valence-corrected chi connectivity index (χ1v) is 8.63. The van der Waals surface area contributed by atoms with Crippen molar-refractivity contribution in [2.45, 2.75) is 18.2 Å². The Kier molecular flexibility index (Phi) is 5.33. The van der Waals surface area contributed by atoms with Crippen molar-refractivity contribution in [2.24, 2.45) is 0 Å². The SMILES string of the molecule is C=CCNc1nnc(SCC(=O)c2cc(C)sc2C)s1. The predicted molar refractivity (Wildman–Crippen MR) is 87.4 cm³/mol. The maximum Gasteiger partial charge on any atom is 0.206 e. The maximum absolute atomic E-state index is 12.1. The normalized spacial score (nSPS) is 10.5. The number of aromatic nitrogens is 2. The van der Waals surface area contributed by atoms with E-state index in [0.29, 0.717) is 12.3 Å². The number of thioether (sulfide) groups is 1. The highest BCUT2D eigenvalue weighted by Gasteiger charge is 2.13. The van der Waals surface area contributed by atoms with Crippen LogP contribution in [0.5, 0.6) is 0 Å². The summed E-state index contributed by atoms with van der Waals surface area (Å²) in [6, 6.07) is 1.96. The molecule has 0 aliphatic rings. The maximum atomic E-state index is 12.1. The molecule has 0 atom stereocenters. The molecule has 0 aliphatic heterocycles. The van der Waals surface area contributed by atoms with Gasteiger partial charge in [0.2, 0.25) is 5.13 Å². The predicted octanol–water partition coefficient (Wildman–Crippen LogP) is 3.79. The average molecular weight is 325 g/mol. The van der Waals surface area contributed by atoms with E-state index in [1.807, 2.05) is 19.9 Å². The second kappa shape index (κ2) is 7.01. The number of carbonyl (C=O) groups excluding carboxylic acids is 1. The molecule has 0 amide bonds. The number of hydrogen-bond acceptors (Lipinski definition) is 7. The summed E-state index contributed by atoms with van der Waals surface area (Å²) in [7, 11) is 0. The number of rotatable bonds is 7. The van der Waals surface area contributed by atoms with Crippen LogP contribution in [0.2, 0.25) is 0 Å². The Hall–Kier alpha value is -1.18. The zero-order valence-electron chi connectivity index (χ0n) is 11.3. The molecule has 20 heavy (non-hydrogen) atoms. The van der Waals surface area contributed by atoms with Gasteiger partial charge in [-0.1, -0.05) is 29.2 Å². The quantitative estimate of drug-likeness (QED) is 0.477. The summed E-state index contributed by atoms with van der Waals surface area (Å²) >= 11 is 4.54. The van der Waals surface area contributed by atoms with Crippen molar-refractivity contribution >= 4 is 45.4 Å². The monoisotopic (exact) mass is 325 g/mol. The highest BCUT2D eigenvalue weighted by molar-refractivity contribution is 8.01. The van der Waals surface area contributed by atoms with Gasteiger partial charge < -0.3 is 5.32 Å². The molecule has 2 aromatic rings. The van der Waals surface area contributed by atoms with Gasteiger partial charge in [0.05, 0.1) is 5.75 Å². The third-order valence-electron chi connectivity index (χ3n) is 2.47. The lowest BCUT2D eigenvalue weighted by molar-refractivity contribution is 0.102. The summed E-state index contributed by atoms with van der Waals surface area (Å²) in [6.45, 7) is 8.29. The number of nitrogens with one attached hydrogen (secondary N) is 1. The molecule has 0 spiro atoms. The molecule has 0 radical (unpaired) electrons. The zero-order chi connectivity index (χ0) is 14.5. The molecule has 2 aromatic heterocycles. The van der Waals surface area contributed by atoms with Crippen LogP contribution in [0.1, 0.15) is 20.1 Å². The fourth-order valence-corrected chi connectivity index (χ4v) is 4.20. The van der Waals surface area contributed by atoms with Crippen molar-refractivity contribution in [3.05, 3.63) is 34.0 Å². The highest BCUT2D eigenvalue weighted by Crippen LogP contribution is 2.27. The van der Waals surface area contributed by atoms with E-state index in [4.69, 9.17) is 0 Å². The van der Waals surface area contributed by atoms with Crippen LogP contribution in [0.4, 0.5) is 5.13 Å². The molecule has 2 heterocycles. The Morgan fingerprint density at radius 1 is 1.45 bits per heavy atom. The van der Waals surface area contributed by atoms with Gasteiger partial charge in [0.15, 0.2) is 10.1 Å². The number of anilines is 1. The third kappa shape index (κ3) is 3.91. The number of hydrogen-bond donors (Lipinski definition) is 1. The van der Waals surface area contributed by atoms with Crippen LogP contribution < -0.4 is 5.32 Å². The molecule has 1 N–H and O–H groups in total. The number of Topliss-reactive ketones (excluding diaryl/α,β-unsaturated/α-hetero) is 1. The topological polar surface area (TPSA) is 54.9 Å². The van der Waals surface area contributed by atoms with E-state index in [2.05, 4.69) is 22.1 Å². The molecular weight excluding hydrogens is 310 g/mol. The van der Waals surface area contributed by atoms with Crippen LogP contribution in [0.25, 0.3) is 0 Å². The first-order chi connectivity index (χ1) is 9.60. The molecule has 0 aromatic carbocycles. The first-order valence-electron chi connectivity index (χ1n) is 6.01. The van der Waals surface area contributed by atoms with Gasteiger partial charge in [0, 0.05) is 21.9 Å². The van der Waals surface area contributed by atoms with Gasteiger partial charge >= 0.3 is 0 Å². The minimum absolute atomic E-state index is 0.146. The Labute approximate surface area is 130 Å². The van der Waals surface area contributed by atoms with Crippen molar-refractivity contribution < 1.29 is 4.79 Å². The van der Waals surface area contributed by atoms with Crippen LogP contribution in [-0.4, -0.2) is 28.3 Å². The first kappa shape index (κ1) is 15.2. The molecule has 0 saturated heterocycles. The standard InChI is InChI=1S/C13H15N3OS3/c1-4-5-14-12-15-16-13(20-12)18-7-11(17)10-6-8(2)19-9(10)3/h4,6H,1,5,7H2,2-3H3,(H,14,15). The second-order valence-corrected chi connectivity index (χ2v) is 7.74. The lowest BCUT2D eigenvalue weighted by atomic mass is 10.2. The summed E-state index contributed by atoms with van der Waals surface area (Å²) in [5, 5.41) is 11.9. The molecule has 0 saturated carbocycles. The van der Waals surface area contributed by atoms with E-state index in [-0.39, 0.29) is 5.78 Å². The van der Waals surface area contributed by atoms with Gasteiger partial charge in [-0.2, -0.15) is 0 Å². The number of aryl methyl sites for hydroxylation is 2. The molecule has 4 nitrogen and oxygen atoms in total. The van der Waals surface area contributed by atoms with E-state index in [0.717, 1.165) is 19.9 Å². The van der Waals surface area contributed by atoms with E-state index in [1.165, 1.54) is 28.0 Å². The second-order valence-electron chi connectivity index (χ2n) is 4.08. The summed E-state index contributed by atoms with van der Waals surface area (Å²) in [5.74, 6) is 0.542. The number of nitrogens with zero attached hydrogens (tertiary/aromatic N) is 2. The lowest BCUT2D eigenvalue weighted by Gasteiger charge is -1.97. The van der Waals surface area contributed by atoms with E-state index in [1.54, 1.807) is 17.4 Å². The lowest BCUT2D eigenvalue weighted by Crippen LogP contribution is -2.02. The van der Waals surface area contributed by atoms with E-state index >= 15 is 0 Å². The molecule has 106 valence electrons.